The van der Waals surface area contributed by atoms with Gasteiger partial charge >= 0.3 is 0 Å². The molecule has 6 heteroatoms. The molecule has 0 spiro atoms. The van der Waals surface area contributed by atoms with Crippen molar-refractivity contribution in [3.63, 3.8) is 0 Å². The van der Waals surface area contributed by atoms with Crippen LogP contribution in [0.3, 0.4) is 0 Å². The number of nitrogens with zero attached hydrogens (tertiary/aromatic N) is 2. The van der Waals surface area contributed by atoms with Gasteiger partial charge in [-0.3, -0.25) is 5.41 Å². The van der Waals surface area contributed by atoms with Crippen molar-refractivity contribution in [2.24, 2.45) is 7.05 Å². The van der Waals surface area contributed by atoms with Crippen LogP contribution in [0.5, 0.6) is 0 Å². The molecule has 116 valence electrons. The number of hydrogen-bond donors (Lipinski definition) is 1. The summed E-state index contributed by atoms with van der Waals surface area (Å²) in [4.78, 5) is 6.40. The zero-order chi connectivity index (χ0) is 16.1. The first-order chi connectivity index (χ1) is 10.7. The molecule has 3 aromatic rings. The quantitative estimate of drug-likeness (QED) is 0.304. The Morgan fingerprint density at radius 3 is 2.86 bits per heavy atom. The van der Waals surface area contributed by atoms with Gasteiger partial charge < -0.3 is 13.7 Å². The lowest BCUT2D eigenvalue weighted by Crippen LogP contribution is -2.05. The number of alkyl halides is 1. The zero-order valence-electron chi connectivity index (χ0n) is 12.8. The number of ether oxygens (including phenoxy) is 1. The van der Waals surface area contributed by atoms with Crippen molar-refractivity contribution in [2.75, 3.05) is 11.5 Å². The minimum atomic E-state index is 0.142. The van der Waals surface area contributed by atoms with Crippen molar-refractivity contribution < 1.29 is 9.15 Å². The van der Waals surface area contributed by atoms with Gasteiger partial charge in [-0.1, -0.05) is 22.6 Å². The van der Waals surface area contributed by atoms with Crippen LogP contribution in [0.2, 0.25) is 0 Å². The van der Waals surface area contributed by atoms with E-state index >= 15 is 0 Å². The number of rotatable bonds is 3. The predicted octanol–water partition coefficient (Wildman–Crippen LogP) is 4.25. The molecular weight excluding hydrogens is 393 g/mol. The van der Waals surface area contributed by atoms with E-state index in [-0.39, 0.29) is 5.90 Å². The van der Waals surface area contributed by atoms with Gasteiger partial charge in [0, 0.05) is 36.0 Å². The van der Waals surface area contributed by atoms with Crippen LogP contribution in [0.25, 0.3) is 22.2 Å². The SMILES string of the molecule is CCOC(=N)c1cnc2c(c1)c(-c1ccoc1)cn2C.CI. The summed E-state index contributed by atoms with van der Waals surface area (Å²) in [5.41, 5.74) is 3.58. The van der Waals surface area contributed by atoms with Crippen LogP contribution < -0.4 is 0 Å². The van der Waals surface area contributed by atoms with E-state index in [0.29, 0.717) is 12.2 Å². The number of fused-ring (bicyclic) bond motifs is 1. The molecule has 5 nitrogen and oxygen atoms in total. The van der Waals surface area contributed by atoms with Gasteiger partial charge in [-0.25, -0.2) is 4.98 Å². The summed E-state index contributed by atoms with van der Waals surface area (Å²) in [6.07, 6.45) is 7.03. The van der Waals surface area contributed by atoms with Crippen LogP contribution in [0.15, 0.2) is 41.5 Å². The highest BCUT2D eigenvalue weighted by Crippen LogP contribution is 2.30. The summed E-state index contributed by atoms with van der Waals surface area (Å²) in [6.45, 7) is 2.33. The van der Waals surface area contributed by atoms with Crippen LogP contribution in [-0.2, 0) is 11.8 Å². The molecule has 0 unspecified atom stereocenters. The van der Waals surface area contributed by atoms with E-state index in [1.807, 2.05) is 41.8 Å². The van der Waals surface area contributed by atoms with Crippen molar-refractivity contribution in [2.45, 2.75) is 6.92 Å². The minimum Gasteiger partial charge on any atom is -0.478 e. The predicted molar refractivity (Wildman–Crippen MR) is 96.8 cm³/mol. The second kappa shape index (κ2) is 7.44. The number of pyridine rings is 1. The number of nitrogens with one attached hydrogen (secondary N) is 1. The molecule has 0 radical (unpaired) electrons. The molecule has 0 saturated heterocycles. The molecule has 3 rings (SSSR count). The summed E-state index contributed by atoms with van der Waals surface area (Å²) in [6, 6.07) is 3.85. The molecule has 3 aromatic heterocycles. The largest absolute Gasteiger partial charge is 0.478 e. The van der Waals surface area contributed by atoms with Crippen molar-refractivity contribution in [3.8, 4) is 11.1 Å². The van der Waals surface area contributed by atoms with Gasteiger partial charge in [0.1, 0.15) is 5.65 Å². The van der Waals surface area contributed by atoms with E-state index in [1.165, 1.54) is 0 Å². The van der Waals surface area contributed by atoms with Crippen LogP contribution >= 0.6 is 22.6 Å². The molecule has 0 aliphatic rings. The second-order valence-electron chi connectivity index (χ2n) is 4.52. The number of hydrogen-bond acceptors (Lipinski definition) is 4. The summed E-state index contributed by atoms with van der Waals surface area (Å²) >= 11 is 2.15. The Bertz CT molecular complexity index is 763. The smallest absolute Gasteiger partial charge is 0.214 e. The molecule has 0 fully saturated rings. The van der Waals surface area contributed by atoms with Crippen molar-refractivity contribution in [3.05, 3.63) is 42.6 Å². The summed E-state index contributed by atoms with van der Waals surface area (Å²) in [5.74, 6) is 0.142. The Labute approximate surface area is 142 Å². The molecule has 0 aromatic carbocycles. The van der Waals surface area contributed by atoms with E-state index < -0.39 is 0 Å². The van der Waals surface area contributed by atoms with Gasteiger partial charge in [-0.15, -0.1) is 0 Å². The van der Waals surface area contributed by atoms with E-state index in [0.717, 1.165) is 22.2 Å². The molecule has 0 bridgehead atoms. The molecule has 22 heavy (non-hydrogen) atoms. The Balaban J connectivity index is 0.000000847. The molecule has 0 saturated carbocycles. The van der Waals surface area contributed by atoms with Crippen LogP contribution in [0, 0.1) is 5.41 Å². The average Bonchev–Trinajstić information content (AvgIpc) is 3.17. The van der Waals surface area contributed by atoms with Crippen LogP contribution in [0.1, 0.15) is 12.5 Å². The highest BCUT2D eigenvalue weighted by Gasteiger charge is 2.13. The Morgan fingerprint density at radius 1 is 1.45 bits per heavy atom. The fourth-order valence-electron chi connectivity index (χ4n) is 2.26. The third-order valence-corrected chi connectivity index (χ3v) is 3.20. The van der Waals surface area contributed by atoms with Gasteiger partial charge in [0.05, 0.1) is 24.7 Å². The lowest BCUT2D eigenvalue weighted by Gasteiger charge is -2.05. The summed E-state index contributed by atoms with van der Waals surface area (Å²) in [5, 5.41) is 8.85. The fourth-order valence-corrected chi connectivity index (χ4v) is 2.26. The van der Waals surface area contributed by atoms with Gasteiger partial charge in [-0.05, 0) is 24.0 Å². The van der Waals surface area contributed by atoms with Gasteiger partial charge in [0.2, 0.25) is 5.90 Å². The number of furan rings is 1. The van der Waals surface area contributed by atoms with Crippen LogP contribution in [-0.4, -0.2) is 27.0 Å². The van der Waals surface area contributed by atoms with Crippen molar-refractivity contribution in [1.29, 1.82) is 5.41 Å². The van der Waals surface area contributed by atoms with Gasteiger partial charge in [-0.2, -0.15) is 0 Å². The van der Waals surface area contributed by atoms with E-state index in [2.05, 4.69) is 27.6 Å². The normalized spacial score (nSPS) is 10.2. The topological polar surface area (TPSA) is 64.0 Å². The van der Waals surface area contributed by atoms with Crippen molar-refractivity contribution >= 4 is 39.5 Å². The molecule has 0 amide bonds. The minimum absolute atomic E-state index is 0.142. The molecule has 1 N–H and O–H groups in total. The number of aryl methyl sites for hydroxylation is 1. The maximum absolute atomic E-state index is 7.87. The maximum Gasteiger partial charge on any atom is 0.214 e. The first-order valence-corrected chi connectivity index (χ1v) is 8.93. The Hall–Kier alpha value is -1.83. The van der Waals surface area contributed by atoms with E-state index in [1.54, 1.807) is 18.7 Å². The van der Waals surface area contributed by atoms with Gasteiger partial charge in [0.15, 0.2) is 0 Å². The highest BCUT2D eigenvalue weighted by molar-refractivity contribution is 14.1. The third-order valence-electron chi connectivity index (χ3n) is 3.20. The van der Waals surface area contributed by atoms with E-state index in [9.17, 15) is 0 Å². The van der Waals surface area contributed by atoms with Gasteiger partial charge in [0.25, 0.3) is 0 Å². The maximum atomic E-state index is 7.87. The lowest BCUT2D eigenvalue weighted by atomic mass is 10.1. The zero-order valence-corrected chi connectivity index (χ0v) is 14.9. The summed E-state index contributed by atoms with van der Waals surface area (Å²) < 4.78 is 12.3. The first kappa shape index (κ1) is 16.5. The highest BCUT2D eigenvalue weighted by atomic mass is 127. The third kappa shape index (κ3) is 3.16. The summed E-state index contributed by atoms with van der Waals surface area (Å²) in [7, 11) is 1.95. The molecule has 3 heterocycles. The fraction of sp³-hybridized carbons (Fsp3) is 0.250. The molecule has 0 aliphatic heterocycles. The van der Waals surface area contributed by atoms with Crippen LogP contribution in [0.4, 0.5) is 0 Å². The number of halogens is 1. The second-order valence-corrected chi connectivity index (χ2v) is 4.52. The van der Waals surface area contributed by atoms with Crippen molar-refractivity contribution in [1.82, 2.24) is 9.55 Å². The molecule has 0 aliphatic carbocycles. The monoisotopic (exact) mass is 411 g/mol. The standard InChI is InChI=1S/C15H15N3O2.CH3I/c1-3-20-14(16)11-6-12-13(10-4-5-19-9-10)8-18(2)15(12)17-7-11;1-2/h4-9,16H,3H2,1-2H3;1H3. The molecular formula is C16H18IN3O2. The average molecular weight is 411 g/mol. The first-order valence-electron chi connectivity index (χ1n) is 6.78. The van der Waals surface area contributed by atoms with E-state index in [4.69, 9.17) is 14.6 Å². The lowest BCUT2D eigenvalue weighted by molar-refractivity contribution is 0.325. The molecule has 0 atom stereocenters. The Kier molecular flexibility index (Phi) is 5.59. The number of aromatic nitrogens is 2. The Morgan fingerprint density at radius 2 is 2.23 bits per heavy atom.